The maximum absolute atomic E-state index is 13.4. The van der Waals surface area contributed by atoms with Crippen molar-refractivity contribution in [1.82, 2.24) is 14.8 Å². The Morgan fingerprint density at radius 2 is 1.86 bits per heavy atom. The van der Waals surface area contributed by atoms with Gasteiger partial charge in [-0.15, -0.1) is 10.2 Å². The molecule has 0 amide bonds. The standard InChI is InChI=1S/C20H21FN4O2S/c1-13(24(2)3)19-22-23-20(25(19)16-7-5-15(21)6-8-16)28-11-14-4-9-17-18(10-14)27-12-26-17/h4-10,13H,11-12H2,1-3H3/p+1/t13-/m1/s1. The van der Waals surface area contributed by atoms with Crippen LogP contribution in [0.2, 0.25) is 0 Å². The normalized spacial score (nSPS) is 13.9. The van der Waals surface area contributed by atoms with Gasteiger partial charge in [-0.25, -0.2) is 4.39 Å². The highest BCUT2D eigenvalue weighted by Crippen LogP contribution is 2.34. The lowest BCUT2D eigenvalue weighted by molar-refractivity contribution is -0.890. The van der Waals surface area contributed by atoms with Crippen molar-refractivity contribution < 1.29 is 18.8 Å². The molecule has 2 heterocycles. The number of benzene rings is 2. The fourth-order valence-corrected chi connectivity index (χ4v) is 3.83. The van der Waals surface area contributed by atoms with Crippen LogP contribution in [-0.4, -0.2) is 35.7 Å². The number of halogens is 1. The monoisotopic (exact) mass is 401 g/mol. The van der Waals surface area contributed by atoms with Crippen molar-refractivity contribution in [3.8, 4) is 17.2 Å². The van der Waals surface area contributed by atoms with E-state index in [1.54, 1.807) is 23.9 Å². The topological polar surface area (TPSA) is 53.6 Å². The van der Waals surface area contributed by atoms with Crippen molar-refractivity contribution in [3.63, 3.8) is 0 Å². The first-order valence-corrected chi connectivity index (χ1v) is 10.0. The Bertz CT molecular complexity index is 975. The zero-order chi connectivity index (χ0) is 19.7. The SMILES string of the molecule is C[C@H](c1nnc(SCc2ccc3c(c2)OCO3)n1-c1ccc(F)cc1)[NH+](C)C. The Morgan fingerprint density at radius 1 is 1.11 bits per heavy atom. The highest BCUT2D eigenvalue weighted by atomic mass is 32.2. The van der Waals surface area contributed by atoms with Gasteiger partial charge < -0.3 is 14.4 Å². The lowest BCUT2D eigenvalue weighted by Gasteiger charge is -2.18. The second kappa shape index (κ2) is 7.81. The third kappa shape index (κ3) is 3.70. The van der Waals surface area contributed by atoms with Crippen LogP contribution in [0, 0.1) is 5.82 Å². The number of nitrogens with one attached hydrogen (secondary N) is 1. The smallest absolute Gasteiger partial charge is 0.231 e. The van der Waals surface area contributed by atoms with Crippen molar-refractivity contribution in [2.24, 2.45) is 0 Å². The summed E-state index contributed by atoms with van der Waals surface area (Å²) in [5, 5.41) is 9.63. The molecule has 0 bridgehead atoms. The van der Waals surface area contributed by atoms with Gasteiger partial charge >= 0.3 is 0 Å². The molecule has 4 rings (SSSR count). The van der Waals surface area contributed by atoms with Gasteiger partial charge in [0.15, 0.2) is 22.5 Å². The molecule has 1 N–H and O–H groups in total. The first kappa shape index (κ1) is 18.8. The minimum Gasteiger partial charge on any atom is -0.454 e. The van der Waals surface area contributed by atoms with Gasteiger partial charge in [-0.05, 0) is 48.9 Å². The number of ether oxygens (including phenoxy) is 2. The Labute approximate surface area is 167 Å². The molecule has 6 nitrogen and oxygen atoms in total. The summed E-state index contributed by atoms with van der Waals surface area (Å²) >= 11 is 1.58. The van der Waals surface area contributed by atoms with Crippen LogP contribution in [0.5, 0.6) is 11.5 Å². The second-order valence-corrected chi connectivity index (χ2v) is 7.87. The quantitative estimate of drug-likeness (QED) is 0.644. The number of aromatic nitrogens is 3. The minimum absolute atomic E-state index is 0.137. The molecule has 0 saturated carbocycles. The molecule has 0 radical (unpaired) electrons. The number of hydrogen-bond donors (Lipinski definition) is 1. The van der Waals surface area contributed by atoms with Crippen LogP contribution < -0.4 is 14.4 Å². The van der Waals surface area contributed by atoms with E-state index in [1.807, 2.05) is 22.8 Å². The van der Waals surface area contributed by atoms with Crippen LogP contribution in [0.3, 0.4) is 0 Å². The van der Waals surface area contributed by atoms with E-state index < -0.39 is 0 Å². The van der Waals surface area contributed by atoms with Crippen molar-refractivity contribution in [3.05, 3.63) is 59.7 Å². The van der Waals surface area contributed by atoms with Crippen LogP contribution in [-0.2, 0) is 5.75 Å². The fourth-order valence-electron chi connectivity index (χ4n) is 2.92. The van der Waals surface area contributed by atoms with Gasteiger partial charge in [0.1, 0.15) is 11.9 Å². The predicted octanol–water partition coefficient (Wildman–Crippen LogP) is 2.63. The highest BCUT2D eigenvalue weighted by Gasteiger charge is 2.23. The third-order valence-corrected chi connectivity index (χ3v) is 5.80. The number of hydrogen-bond acceptors (Lipinski definition) is 5. The Hall–Kier alpha value is -2.58. The number of quaternary nitrogens is 1. The summed E-state index contributed by atoms with van der Waals surface area (Å²) < 4.78 is 26.3. The van der Waals surface area contributed by atoms with Gasteiger partial charge in [-0.3, -0.25) is 4.57 Å². The van der Waals surface area contributed by atoms with E-state index in [2.05, 4.69) is 31.2 Å². The molecular formula is C20H22FN4O2S+. The Balaban J connectivity index is 1.63. The van der Waals surface area contributed by atoms with Gasteiger partial charge in [-0.1, -0.05) is 17.8 Å². The number of fused-ring (bicyclic) bond motifs is 1. The maximum Gasteiger partial charge on any atom is 0.231 e. The first-order chi connectivity index (χ1) is 13.5. The van der Waals surface area contributed by atoms with Gasteiger partial charge in [0.25, 0.3) is 0 Å². The number of rotatable bonds is 6. The molecule has 0 fully saturated rings. The average Bonchev–Trinajstić information content (AvgIpc) is 3.32. The lowest BCUT2D eigenvalue weighted by Crippen LogP contribution is -3.05. The number of nitrogens with zero attached hydrogens (tertiary/aromatic N) is 3. The van der Waals surface area contributed by atoms with Gasteiger partial charge in [-0.2, -0.15) is 0 Å². The molecule has 1 aromatic heterocycles. The summed E-state index contributed by atoms with van der Waals surface area (Å²) in [7, 11) is 4.15. The van der Waals surface area contributed by atoms with Gasteiger partial charge in [0.2, 0.25) is 6.79 Å². The summed E-state index contributed by atoms with van der Waals surface area (Å²) in [6, 6.07) is 12.5. The van der Waals surface area contributed by atoms with Crippen LogP contribution in [0.1, 0.15) is 24.4 Å². The van der Waals surface area contributed by atoms with Gasteiger partial charge in [0.05, 0.1) is 14.1 Å². The summed E-state index contributed by atoms with van der Waals surface area (Å²) in [5.41, 5.74) is 1.96. The molecule has 3 aromatic rings. The van der Waals surface area contributed by atoms with Crippen molar-refractivity contribution in [2.45, 2.75) is 23.9 Å². The lowest BCUT2D eigenvalue weighted by atomic mass is 10.2. The molecule has 1 aliphatic rings. The van der Waals surface area contributed by atoms with Crippen molar-refractivity contribution in [1.29, 1.82) is 0 Å². The molecule has 1 atom stereocenters. The number of thioether (sulfide) groups is 1. The molecular weight excluding hydrogens is 379 g/mol. The summed E-state index contributed by atoms with van der Waals surface area (Å²) in [6.07, 6.45) is 0. The van der Waals surface area contributed by atoms with E-state index in [9.17, 15) is 4.39 Å². The van der Waals surface area contributed by atoms with Gasteiger partial charge in [0, 0.05) is 11.4 Å². The molecule has 0 spiro atoms. The van der Waals surface area contributed by atoms with Crippen molar-refractivity contribution in [2.75, 3.05) is 20.9 Å². The third-order valence-electron chi connectivity index (χ3n) is 4.80. The fraction of sp³-hybridized carbons (Fsp3) is 0.300. The van der Waals surface area contributed by atoms with Crippen LogP contribution in [0.15, 0.2) is 47.6 Å². The van der Waals surface area contributed by atoms with Crippen LogP contribution >= 0.6 is 11.8 Å². The Kier molecular flexibility index (Phi) is 5.23. The first-order valence-electron chi connectivity index (χ1n) is 9.05. The second-order valence-electron chi connectivity index (χ2n) is 6.93. The minimum atomic E-state index is -0.265. The molecule has 0 saturated heterocycles. The zero-order valence-electron chi connectivity index (χ0n) is 16.0. The van der Waals surface area contributed by atoms with E-state index >= 15 is 0 Å². The van der Waals surface area contributed by atoms with E-state index in [-0.39, 0.29) is 18.7 Å². The molecule has 0 unspecified atom stereocenters. The summed E-state index contributed by atoms with van der Waals surface area (Å²) in [5.74, 6) is 2.83. The highest BCUT2D eigenvalue weighted by molar-refractivity contribution is 7.98. The summed E-state index contributed by atoms with van der Waals surface area (Å²) in [6.45, 7) is 2.37. The summed E-state index contributed by atoms with van der Waals surface area (Å²) in [4.78, 5) is 1.24. The van der Waals surface area contributed by atoms with Crippen LogP contribution in [0.4, 0.5) is 4.39 Å². The molecule has 28 heavy (non-hydrogen) atoms. The largest absolute Gasteiger partial charge is 0.454 e. The maximum atomic E-state index is 13.4. The van der Waals surface area contributed by atoms with Crippen molar-refractivity contribution >= 4 is 11.8 Å². The average molecular weight is 401 g/mol. The molecule has 2 aromatic carbocycles. The van der Waals surface area contributed by atoms with E-state index in [4.69, 9.17) is 9.47 Å². The van der Waals surface area contributed by atoms with E-state index in [1.165, 1.54) is 17.0 Å². The predicted molar refractivity (Wildman–Crippen MR) is 105 cm³/mol. The van der Waals surface area contributed by atoms with E-state index in [0.717, 1.165) is 33.7 Å². The van der Waals surface area contributed by atoms with Crippen LogP contribution in [0.25, 0.3) is 5.69 Å². The molecule has 8 heteroatoms. The molecule has 0 aliphatic carbocycles. The molecule has 1 aliphatic heterocycles. The molecule has 146 valence electrons. The Morgan fingerprint density at radius 3 is 2.61 bits per heavy atom. The zero-order valence-corrected chi connectivity index (χ0v) is 16.8. The van der Waals surface area contributed by atoms with E-state index in [0.29, 0.717) is 5.75 Å².